The first kappa shape index (κ1) is 24.6. The Kier molecular flexibility index (Phi) is 8.57. The lowest BCUT2D eigenvalue weighted by Gasteiger charge is -2.42. The summed E-state index contributed by atoms with van der Waals surface area (Å²) in [5, 5.41) is 0.0889. The summed E-state index contributed by atoms with van der Waals surface area (Å²) in [4.78, 5) is 4.60. The first-order chi connectivity index (χ1) is 12.1. The number of hydrogen-bond donors (Lipinski definition) is 1. The summed E-state index contributed by atoms with van der Waals surface area (Å²) in [6.07, 6.45) is 2.46. The zero-order chi connectivity index (χ0) is 21.0. The van der Waals surface area contributed by atoms with Gasteiger partial charge in [-0.1, -0.05) is 40.7 Å². The molecule has 0 saturated heterocycles. The van der Waals surface area contributed by atoms with Crippen molar-refractivity contribution in [2.24, 2.45) is 5.92 Å². The fourth-order valence-corrected chi connectivity index (χ4v) is 4.56. The van der Waals surface area contributed by atoms with E-state index in [1.54, 1.807) is 0 Å². The van der Waals surface area contributed by atoms with Gasteiger partial charge in [-0.15, -0.1) is 4.72 Å². The monoisotopic (exact) mass is 412 g/mol. The van der Waals surface area contributed by atoms with E-state index in [0.717, 1.165) is 12.1 Å². The van der Waals surface area contributed by atoms with E-state index in [9.17, 15) is 4.55 Å². The second-order valence-electron chi connectivity index (χ2n) is 10.3. The Hall–Kier alpha value is -0.403. The summed E-state index contributed by atoms with van der Waals surface area (Å²) in [5.74, 6) is 0.452. The van der Waals surface area contributed by atoms with Crippen molar-refractivity contribution in [3.8, 4) is 0 Å². The van der Waals surface area contributed by atoms with Gasteiger partial charge >= 0.3 is 0 Å². The molecule has 0 bridgehead atoms. The third-order valence-electron chi connectivity index (χ3n) is 5.11. The summed E-state index contributed by atoms with van der Waals surface area (Å²) >= 11 is -1.17. The van der Waals surface area contributed by atoms with Gasteiger partial charge in [0.1, 0.15) is 10.9 Å². The minimum absolute atomic E-state index is 0.0610. The van der Waals surface area contributed by atoms with Crippen LogP contribution < -0.4 is 4.72 Å². The van der Waals surface area contributed by atoms with Gasteiger partial charge in [-0.25, -0.2) is 0 Å². The van der Waals surface area contributed by atoms with Crippen LogP contribution in [0.2, 0.25) is 18.1 Å². The number of nitrogens with one attached hydrogen (secondary N) is 1. The lowest BCUT2D eigenvalue weighted by Crippen LogP contribution is -2.51. The quantitative estimate of drug-likeness (QED) is 0.445. The van der Waals surface area contributed by atoms with E-state index in [1.807, 2.05) is 45.2 Å². The Balaban J connectivity index is 3.29. The molecule has 3 atom stereocenters. The zero-order valence-corrected chi connectivity index (χ0v) is 20.7. The van der Waals surface area contributed by atoms with Crippen LogP contribution in [-0.2, 0) is 15.8 Å². The third-order valence-corrected chi connectivity index (χ3v) is 11.2. The molecule has 1 aromatic rings. The standard InChI is InChI=1S/C21H40N2O2SSi/c1-16(2)15-18(23-26(24)20(3,4)5)19(17-13-11-12-14-22-17)25-27(9,10)21(6,7)8/h11-14,16,18-19,23H,15H2,1-10H3/t18-,19?,26?/m0/s1. The largest absolute Gasteiger partial charge is 0.598 e. The molecular formula is C21H40N2O2SSi. The molecule has 0 aliphatic heterocycles. The highest BCUT2D eigenvalue weighted by atomic mass is 32.2. The molecule has 156 valence electrons. The van der Waals surface area contributed by atoms with Crippen molar-refractivity contribution >= 4 is 19.7 Å². The maximum atomic E-state index is 12.9. The molecule has 0 radical (unpaired) electrons. The highest BCUT2D eigenvalue weighted by Gasteiger charge is 2.43. The molecule has 0 aromatic carbocycles. The van der Waals surface area contributed by atoms with Crippen LogP contribution in [0.25, 0.3) is 0 Å². The van der Waals surface area contributed by atoms with Crippen LogP contribution in [0, 0.1) is 5.92 Å². The van der Waals surface area contributed by atoms with Crippen LogP contribution >= 0.6 is 0 Å². The Morgan fingerprint density at radius 1 is 1.15 bits per heavy atom. The molecule has 6 heteroatoms. The normalized spacial score (nSPS) is 17.0. The summed E-state index contributed by atoms with van der Waals surface area (Å²) in [6, 6.07) is 5.88. The maximum absolute atomic E-state index is 12.9. The average Bonchev–Trinajstić information content (AvgIpc) is 2.50. The lowest BCUT2D eigenvalue weighted by molar-refractivity contribution is 0.131. The van der Waals surface area contributed by atoms with Gasteiger partial charge in [-0.05, 0) is 63.4 Å². The zero-order valence-electron chi connectivity index (χ0n) is 18.9. The Morgan fingerprint density at radius 3 is 2.15 bits per heavy atom. The van der Waals surface area contributed by atoms with Crippen LogP contribution in [0.1, 0.15) is 73.6 Å². The van der Waals surface area contributed by atoms with Gasteiger partial charge in [-0.2, -0.15) is 0 Å². The summed E-state index contributed by atoms with van der Waals surface area (Å²) in [6.45, 7) is 21.6. The Bertz CT molecular complexity index is 568. The molecule has 1 rings (SSSR count). The van der Waals surface area contributed by atoms with Crippen LogP contribution in [-0.4, -0.2) is 28.6 Å². The molecule has 0 aliphatic rings. The van der Waals surface area contributed by atoms with Gasteiger partial charge in [-0.3, -0.25) is 4.98 Å². The first-order valence-electron chi connectivity index (χ1n) is 9.92. The van der Waals surface area contributed by atoms with Crippen molar-refractivity contribution in [1.29, 1.82) is 0 Å². The molecule has 27 heavy (non-hydrogen) atoms. The van der Waals surface area contributed by atoms with Gasteiger partial charge in [0.25, 0.3) is 0 Å². The van der Waals surface area contributed by atoms with E-state index in [4.69, 9.17) is 4.43 Å². The van der Waals surface area contributed by atoms with Crippen LogP contribution in [0.3, 0.4) is 0 Å². The summed E-state index contributed by atoms with van der Waals surface area (Å²) in [7, 11) is -2.04. The lowest BCUT2D eigenvalue weighted by atomic mass is 9.98. The van der Waals surface area contributed by atoms with Gasteiger partial charge in [0, 0.05) is 17.6 Å². The summed E-state index contributed by atoms with van der Waals surface area (Å²) < 4.78 is 22.8. The van der Waals surface area contributed by atoms with E-state index < -0.39 is 19.7 Å². The van der Waals surface area contributed by atoms with Crippen molar-refractivity contribution in [3.05, 3.63) is 30.1 Å². The van der Waals surface area contributed by atoms with Crippen LogP contribution in [0.5, 0.6) is 0 Å². The van der Waals surface area contributed by atoms with Crippen LogP contribution in [0.4, 0.5) is 0 Å². The minimum Gasteiger partial charge on any atom is -0.598 e. The molecule has 0 saturated carbocycles. The topological polar surface area (TPSA) is 57.2 Å². The van der Waals surface area contributed by atoms with Gasteiger partial charge in [0.05, 0.1) is 11.7 Å². The highest BCUT2D eigenvalue weighted by molar-refractivity contribution is 7.90. The first-order valence-corrected chi connectivity index (χ1v) is 14.0. The predicted octanol–water partition coefficient (Wildman–Crippen LogP) is 5.61. The third kappa shape index (κ3) is 7.50. The number of aromatic nitrogens is 1. The fraction of sp³-hybridized carbons (Fsp3) is 0.762. The smallest absolute Gasteiger partial charge is 0.193 e. The van der Waals surface area contributed by atoms with Crippen molar-refractivity contribution in [2.45, 2.75) is 96.8 Å². The minimum atomic E-state index is -2.04. The van der Waals surface area contributed by atoms with E-state index in [0.29, 0.717) is 5.92 Å². The number of pyridine rings is 1. The Morgan fingerprint density at radius 2 is 1.74 bits per heavy atom. The second-order valence-corrected chi connectivity index (χ2v) is 17.0. The molecule has 2 unspecified atom stereocenters. The molecule has 0 spiro atoms. The average molecular weight is 413 g/mol. The number of hydrogen-bond acceptors (Lipinski definition) is 4. The van der Waals surface area contributed by atoms with E-state index in [2.05, 4.69) is 57.4 Å². The van der Waals surface area contributed by atoms with E-state index in [-0.39, 0.29) is 21.9 Å². The van der Waals surface area contributed by atoms with Gasteiger partial charge in [0.15, 0.2) is 8.32 Å². The van der Waals surface area contributed by atoms with Crippen molar-refractivity contribution in [1.82, 2.24) is 9.71 Å². The predicted molar refractivity (Wildman–Crippen MR) is 120 cm³/mol. The molecule has 0 amide bonds. The van der Waals surface area contributed by atoms with Crippen LogP contribution in [0.15, 0.2) is 24.4 Å². The summed E-state index contributed by atoms with van der Waals surface area (Å²) in [5.41, 5.74) is 0.909. The van der Waals surface area contributed by atoms with E-state index >= 15 is 0 Å². The van der Waals surface area contributed by atoms with Gasteiger partial charge < -0.3 is 8.98 Å². The molecule has 1 aromatic heterocycles. The molecule has 0 fully saturated rings. The van der Waals surface area contributed by atoms with Crippen molar-refractivity contribution in [2.75, 3.05) is 0 Å². The SMILES string of the molecule is CC(C)C[C@H](N[S+]([O-])C(C)(C)C)C(O[Si](C)(C)C(C)(C)C)c1ccccn1. The second kappa shape index (κ2) is 9.40. The van der Waals surface area contributed by atoms with E-state index in [1.165, 1.54) is 0 Å². The number of rotatable bonds is 8. The highest BCUT2D eigenvalue weighted by Crippen LogP contribution is 2.41. The maximum Gasteiger partial charge on any atom is 0.193 e. The Labute approximate surface area is 171 Å². The molecular weight excluding hydrogens is 372 g/mol. The molecule has 0 aliphatic carbocycles. The van der Waals surface area contributed by atoms with Crippen molar-refractivity contribution in [3.63, 3.8) is 0 Å². The molecule has 1 N–H and O–H groups in total. The molecule has 1 heterocycles. The number of nitrogens with zero attached hydrogens (tertiary/aromatic N) is 1. The fourth-order valence-electron chi connectivity index (χ4n) is 2.44. The molecule has 4 nitrogen and oxygen atoms in total. The van der Waals surface area contributed by atoms with Gasteiger partial charge in [0.2, 0.25) is 0 Å². The van der Waals surface area contributed by atoms with Crippen molar-refractivity contribution < 1.29 is 8.98 Å².